The fourth-order valence-electron chi connectivity index (χ4n) is 2.65. The van der Waals surface area contributed by atoms with Crippen molar-refractivity contribution >= 4 is 0 Å². The fraction of sp³-hybridized carbons (Fsp3) is 0.667. The molecule has 0 amide bonds. The molecule has 1 aliphatic rings. The average molecular weight is 291 g/mol. The highest BCUT2D eigenvalue weighted by atomic mass is 16.5. The second-order valence-corrected chi connectivity index (χ2v) is 6.83. The van der Waals surface area contributed by atoms with Gasteiger partial charge in [-0.2, -0.15) is 0 Å². The standard InChI is InChI=1S/C18H29NO2/c1-13(2)11-19(16-7-8-16)12-18(20)15-5-9-17(10-6-15)21-14(3)4/h5-6,9-10,13-14,16,18,20H,7-8,11-12H2,1-4H3. The van der Waals surface area contributed by atoms with Gasteiger partial charge in [-0.1, -0.05) is 26.0 Å². The van der Waals surface area contributed by atoms with Gasteiger partial charge in [-0.15, -0.1) is 0 Å². The first-order valence-corrected chi connectivity index (χ1v) is 8.14. The minimum absolute atomic E-state index is 0.178. The molecule has 0 radical (unpaired) electrons. The highest BCUT2D eigenvalue weighted by Gasteiger charge is 2.30. The maximum absolute atomic E-state index is 10.5. The first-order chi connectivity index (χ1) is 9.95. The zero-order valence-corrected chi connectivity index (χ0v) is 13.7. The van der Waals surface area contributed by atoms with Crippen LogP contribution in [-0.4, -0.2) is 35.2 Å². The topological polar surface area (TPSA) is 32.7 Å². The van der Waals surface area contributed by atoms with E-state index in [4.69, 9.17) is 4.74 Å². The summed E-state index contributed by atoms with van der Waals surface area (Å²) in [4.78, 5) is 2.44. The van der Waals surface area contributed by atoms with Crippen molar-refractivity contribution < 1.29 is 9.84 Å². The molecule has 1 saturated carbocycles. The van der Waals surface area contributed by atoms with E-state index in [9.17, 15) is 5.11 Å². The van der Waals surface area contributed by atoms with E-state index in [-0.39, 0.29) is 6.10 Å². The Morgan fingerprint density at radius 3 is 2.19 bits per heavy atom. The number of hydrogen-bond acceptors (Lipinski definition) is 3. The zero-order chi connectivity index (χ0) is 15.4. The van der Waals surface area contributed by atoms with Crippen molar-refractivity contribution in [1.82, 2.24) is 4.90 Å². The van der Waals surface area contributed by atoms with Crippen LogP contribution in [0.2, 0.25) is 0 Å². The number of ether oxygens (including phenoxy) is 1. The zero-order valence-electron chi connectivity index (χ0n) is 13.7. The van der Waals surface area contributed by atoms with Crippen molar-refractivity contribution in [3.8, 4) is 5.75 Å². The predicted molar refractivity (Wildman–Crippen MR) is 86.6 cm³/mol. The number of hydrogen-bond donors (Lipinski definition) is 1. The Morgan fingerprint density at radius 1 is 1.10 bits per heavy atom. The summed E-state index contributed by atoms with van der Waals surface area (Å²) < 4.78 is 5.64. The lowest BCUT2D eigenvalue weighted by atomic mass is 10.1. The molecule has 0 heterocycles. The molecule has 0 bridgehead atoms. The summed E-state index contributed by atoms with van der Waals surface area (Å²) in [5.74, 6) is 1.50. The molecule has 1 aromatic carbocycles. The fourth-order valence-corrected chi connectivity index (χ4v) is 2.65. The van der Waals surface area contributed by atoms with Crippen LogP contribution >= 0.6 is 0 Å². The largest absolute Gasteiger partial charge is 0.491 e. The molecule has 118 valence electrons. The molecule has 2 rings (SSSR count). The molecule has 1 aliphatic carbocycles. The minimum Gasteiger partial charge on any atom is -0.491 e. The number of aliphatic hydroxyl groups is 1. The summed E-state index contributed by atoms with van der Waals surface area (Å²) in [6, 6.07) is 8.53. The number of benzene rings is 1. The highest BCUT2D eigenvalue weighted by molar-refractivity contribution is 5.28. The van der Waals surface area contributed by atoms with Gasteiger partial charge in [-0.25, -0.2) is 0 Å². The Bertz CT molecular complexity index is 423. The van der Waals surface area contributed by atoms with Crippen LogP contribution in [0.15, 0.2) is 24.3 Å². The molecule has 3 heteroatoms. The van der Waals surface area contributed by atoms with E-state index in [1.165, 1.54) is 12.8 Å². The van der Waals surface area contributed by atoms with Crippen molar-refractivity contribution in [3.63, 3.8) is 0 Å². The van der Waals surface area contributed by atoms with Crippen LogP contribution in [0.3, 0.4) is 0 Å². The third-order valence-corrected chi connectivity index (χ3v) is 3.71. The third-order valence-electron chi connectivity index (χ3n) is 3.71. The lowest BCUT2D eigenvalue weighted by molar-refractivity contribution is 0.101. The highest BCUT2D eigenvalue weighted by Crippen LogP contribution is 2.30. The monoisotopic (exact) mass is 291 g/mol. The van der Waals surface area contributed by atoms with Gasteiger partial charge in [0.2, 0.25) is 0 Å². The summed E-state index contributed by atoms with van der Waals surface area (Å²) in [6.07, 6.45) is 2.32. The second-order valence-electron chi connectivity index (χ2n) is 6.83. The maximum atomic E-state index is 10.5. The predicted octanol–water partition coefficient (Wildman–Crippen LogP) is 3.63. The van der Waals surface area contributed by atoms with Gasteiger partial charge in [0, 0.05) is 19.1 Å². The first kappa shape index (κ1) is 16.3. The van der Waals surface area contributed by atoms with Crippen molar-refractivity contribution in [1.29, 1.82) is 0 Å². The average Bonchev–Trinajstić information content (AvgIpc) is 3.21. The molecule has 0 spiro atoms. The Kier molecular flexibility index (Phi) is 5.65. The summed E-state index contributed by atoms with van der Waals surface area (Å²) in [7, 11) is 0. The van der Waals surface area contributed by atoms with Crippen molar-refractivity contribution in [2.45, 2.75) is 58.8 Å². The van der Waals surface area contributed by atoms with Gasteiger partial charge in [0.25, 0.3) is 0 Å². The van der Waals surface area contributed by atoms with Crippen LogP contribution < -0.4 is 4.74 Å². The summed E-state index contributed by atoms with van der Waals surface area (Å²) >= 11 is 0. The molecular weight excluding hydrogens is 262 g/mol. The summed E-state index contributed by atoms with van der Waals surface area (Å²) in [5, 5.41) is 10.5. The molecule has 1 atom stereocenters. The van der Waals surface area contributed by atoms with Crippen molar-refractivity contribution in [2.75, 3.05) is 13.1 Å². The van der Waals surface area contributed by atoms with Crippen LogP contribution in [0, 0.1) is 5.92 Å². The molecular formula is C18H29NO2. The van der Waals surface area contributed by atoms with E-state index in [0.29, 0.717) is 12.0 Å². The molecule has 0 aliphatic heterocycles. The quantitative estimate of drug-likeness (QED) is 0.794. The molecule has 21 heavy (non-hydrogen) atoms. The SMILES string of the molecule is CC(C)CN(CC(O)c1ccc(OC(C)C)cc1)C1CC1. The lowest BCUT2D eigenvalue weighted by Crippen LogP contribution is -2.33. The summed E-state index contributed by atoms with van der Waals surface area (Å²) in [5.41, 5.74) is 0.973. The van der Waals surface area contributed by atoms with Crippen LogP contribution in [-0.2, 0) is 0 Å². The van der Waals surface area contributed by atoms with Gasteiger partial charge in [0.05, 0.1) is 12.2 Å². The smallest absolute Gasteiger partial charge is 0.119 e. The normalized spacial score (nSPS) is 16.8. The number of aliphatic hydroxyl groups excluding tert-OH is 1. The second kappa shape index (κ2) is 7.28. The van der Waals surface area contributed by atoms with E-state index < -0.39 is 6.10 Å². The van der Waals surface area contributed by atoms with E-state index in [1.807, 2.05) is 38.1 Å². The first-order valence-electron chi connectivity index (χ1n) is 8.14. The van der Waals surface area contributed by atoms with E-state index >= 15 is 0 Å². The number of nitrogens with zero attached hydrogens (tertiary/aromatic N) is 1. The Balaban J connectivity index is 1.93. The molecule has 1 N–H and O–H groups in total. The van der Waals surface area contributed by atoms with Gasteiger partial charge < -0.3 is 9.84 Å². The van der Waals surface area contributed by atoms with Crippen LogP contribution in [0.1, 0.15) is 52.2 Å². The third kappa shape index (κ3) is 5.33. The molecule has 1 aromatic rings. The summed E-state index contributed by atoms with van der Waals surface area (Å²) in [6.45, 7) is 10.3. The Hall–Kier alpha value is -1.06. The molecule has 1 fully saturated rings. The minimum atomic E-state index is -0.419. The molecule has 0 saturated heterocycles. The Morgan fingerprint density at radius 2 is 1.71 bits per heavy atom. The van der Waals surface area contributed by atoms with Gasteiger partial charge in [0.1, 0.15) is 5.75 Å². The van der Waals surface area contributed by atoms with Crippen molar-refractivity contribution in [3.05, 3.63) is 29.8 Å². The van der Waals surface area contributed by atoms with Gasteiger partial charge in [0.15, 0.2) is 0 Å². The van der Waals surface area contributed by atoms with E-state index in [2.05, 4.69) is 18.7 Å². The molecule has 3 nitrogen and oxygen atoms in total. The van der Waals surface area contributed by atoms with Gasteiger partial charge in [-0.05, 0) is 50.3 Å². The van der Waals surface area contributed by atoms with Crippen LogP contribution in [0.25, 0.3) is 0 Å². The maximum Gasteiger partial charge on any atom is 0.119 e. The van der Waals surface area contributed by atoms with Gasteiger partial charge >= 0.3 is 0 Å². The van der Waals surface area contributed by atoms with E-state index in [1.54, 1.807) is 0 Å². The lowest BCUT2D eigenvalue weighted by Gasteiger charge is -2.26. The van der Waals surface area contributed by atoms with Crippen LogP contribution in [0.4, 0.5) is 0 Å². The molecule has 0 aromatic heterocycles. The van der Waals surface area contributed by atoms with E-state index in [0.717, 1.165) is 24.4 Å². The van der Waals surface area contributed by atoms with Crippen molar-refractivity contribution in [2.24, 2.45) is 5.92 Å². The molecule has 1 unspecified atom stereocenters. The number of rotatable bonds is 8. The van der Waals surface area contributed by atoms with Crippen LogP contribution in [0.5, 0.6) is 5.75 Å². The Labute approximate surface area is 128 Å². The van der Waals surface area contributed by atoms with Gasteiger partial charge in [-0.3, -0.25) is 4.90 Å².